The van der Waals surface area contributed by atoms with E-state index >= 15 is 0 Å². The van der Waals surface area contributed by atoms with Gasteiger partial charge in [-0.05, 0) is 38.5 Å². The maximum atomic E-state index is 12.0. The van der Waals surface area contributed by atoms with Crippen molar-refractivity contribution in [1.29, 1.82) is 0 Å². The van der Waals surface area contributed by atoms with Gasteiger partial charge in [-0.1, -0.05) is 13.0 Å². The first kappa shape index (κ1) is 13.2. The third-order valence-electron chi connectivity index (χ3n) is 3.19. The largest absolute Gasteiger partial charge is 0.396 e. The van der Waals surface area contributed by atoms with Crippen molar-refractivity contribution in [3.05, 3.63) is 11.6 Å². The maximum Gasteiger partial charge on any atom is 0.249 e. The average molecular weight is 225 g/mol. The molecular formula is C13H23NO2. The number of allylic oxidation sites excluding steroid dienone is 1. The van der Waals surface area contributed by atoms with Crippen LogP contribution in [0, 0.1) is 5.92 Å². The monoisotopic (exact) mass is 225 g/mol. The van der Waals surface area contributed by atoms with E-state index in [0.717, 1.165) is 44.3 Å². The molecule has 0 aromatic rings. The first-order chi connectivity index (χ1) is 7.69. The number of amides is 1. The molecule has 1 aliphatic heterocycles. The first-order valence-electron chi connectivity index (χ1n) is 6.26. The Hall–Kier alpha value is -0.830. The van der Waals surface area contributed by atoms with E-state index in [1.807, 2.05) is 24.8 Å². The van der Waals surface area contributed by atoms with Crippen molar-refractivity contribution in [3.63, 3.8) is 0 Å². The van der Waals surface area contributed by atoms with Crippen LogP contribution in [0.5, 0.6) is 0 Å². The Morgan fingerprint density at radius 3 is 2.94 bits per heavy atom. The first-order valence-corrected chi connectivity index (χ1v) is 6.26. The van der Waals surface area contributed by atoms with Crippen molar-refractivity contribution in [3.8, 4) is 0 Å². The van der Waals surface area contributed by atoms with Gasteiger partial charge in [0.2, 0.25) is 5.91 Å². The van der Waals surface area contributed by atoms with Crippen LogP contribution in [0.15, 0.2) is 11.6 Å². The number of carbonyl (C=O) groups excluding carboxylic acids is 1. The summed E-state index contributed by atoms with van der Waals surface area (Å²) in [6, 6.07) is 0. The molecule has 0 aromatic heterocycles. The highest BCUT2D eigenvalue weighted by molar-refractivity contribution is 5.92. The van der Waals surface area contributed by atoms with Crippen LogP contribution < -0.4 is 0 Å². The van der Waals surface area contributed by atoms with E-state index in [2.05, 4.69) is 0 Å². The van der Waals surface area contributed by atoms with E-state index in [1.54, 1.807) is 0 Å². The van der Waals surface area contributed by atoms with E-state index in [1.165, 1.54) is 0 Å². The molecule has 1 heterocycles. The molecule has 1 saturated heterocycles. The summed E-state index contributed by atoms with van der Waals surface area (Å²) in [4.78, 5) is 14.0. The van der Waals surface area contributed by atoms with Gasteiger partial charge in [0.1, 0.15) is 0 Å². The number of aliphatic hydroxyl groups is 1. The zero-order valence-electron chi connectivity index (χ0n) is 10.4. The van der Waals surface area contributed by atoms with Crippen LogP contribution in [0.3, 0.4) is 0 Å². The molecule has 0 aliphatic carbocycles. The van der Waals surface area contributed by atoms with Crippen LogP contribution in [-0.2, 0) is 4.79 Å². The molecule has 0 aromatic carbocycles. The zero-order valence-corrected chi connectivity index (χ0v) is 10.4. The predicted molar refractivity (Wildman–Crippen MR) is 65.1 cm³/mol. The van der Waals surface area contributed by atoms with E-state index in [4.69, 9.17) is 5.11 Å². The van der Waals surface area contributed by atoms with Crippen molar-refractivity contribution in [1.82, 2.24) is 4.90 Å². The van der Waals surface area contributed by atoms with Gasteiger partial charge >= 0.3 is 0 Å². The predicted octanol–water partition coefficient (Wildman–Crippen LogP) is 1.96. The number of rotatable bonds is 4. The summed E-state index contributed by atoms with van der Waals surface area (Å²) in [7, 11) is 0. The number of hydrogen-bond acceptors (Lipinski definition) is 2. The molecule has 0 bridgehead atoms. The Kier molecular flexibility index (Phi) is 5.53. The topological polar surface area (TPSA) is 40.5 Å². The second-order valence-corrected chi connectivity index (χ2v) is 4.57. The van der Waals surface area contributed by atoms with Gasteiger partial charge in [0.25, 0.3) is 0 Å². The number of likely N-dealkylation sites (tertiary alicyclic amines) is 1. The minimum atomic E-state index is 0.171. The van der Waals surface area contributed by atoms with Crippen LogP contribution in [0.1, 0.15) is 39.5 Å². The lowest BCUT2D eigenvalue weighted by Crippen LogP contribution is -2.40. The standard InChI is InChI=1S/C13H23NO2/c1-3-5-11(2)13(16)14-8-4-6-12(10-14)7-9-15/h5,12,15H,3-4,6-10H2,1-2H3. The van der Waals surface area contributed by atoms with Crippen molar-refractivity contribution >= 4 is 5.91 Å². The van der Waals surface area contributed by atoms with Crippen LogP contribution in [0.25, 0.3) is 0 Å². The summed E-state index contributed by atoms with van der Waals surface area (Å²) in [5.74, 6) is 0.654. The highest BCUT2D eigenvalue weighted by Crippen LogP contribution is 2.20. The number of aliphatic hydroxyl groups excluding tert-OH is 1. The second-order valence-electron chi connectivity index (χ2n) is 4.57. The average Bonchev–Trinajstić information content (AvgIpc) is 2.29. The van der Waals surface area contributed by atoms with Crippen LogP contribution in [0.4, 0.5) is 0 Å². The normalized spacial score (nSPS) is 22.3. The van der Waals surface area contributed by atoms with Gasteiger partial charge in [0.15, 0.2) is 0 Å². The summed E-state index contributed by atoms with van der Waals surface area (Å²) in [5.41, 5.74) is 0.854. The van der Waals surface area contributed by atoms with E-state index in [0.29, 0.717) is 5.92 Å². The molecule has 1 amide bonds. The molecule has 16 heavy (non-hydrogen) atoms. The zero-order chi connectivity index (χ0) is 12.0. The Morgan fingerprint density at radius 1 is 1.56 bits per heavy atom. The number of carbonyl (C=O) groups is 1. The molecule has 1 rings (SSSR count). The minimum Gasteiger partial charge on any atom is -0.396 e. The SMILES string of the molecule is CCC=C(C)C(=O)N1CCCC(CCO)C1. The molecule has 1 aliphatic rings. The lowest BCUT2D eigenvalue weighted by molar-refractivity contribution is -0.129. The smallest absolute Gasteiger partial charge is 0.249 e. The van der Waals surface area contributed by atoms with Crippen molar-refractivity contribution < 1.29 is 9.90 Å². The Labute approximate surface area is 98.1 Å². The van der Waals surface area contributed by atoms with Crippen LogP contribution >= 0.6 is 0 Å². The van der Waals surface area contributed by atoms with E-state index in [9.17, 15) is 4.79 Å². The van der Waals surface area contributed by atoms with Crippen molar-refractivity contribution in [2.24, 2.45) is 5.92 Å². The van der Waals surface area contributed by atoms with Gasteiger partial charge < -0.3 is 10.0 Å². The van der Waals surface area contributed by atoms with Gasteiger partial charge in [0, 0.05) is 25.3 Å². The fourth-order valence-corrected chi connectivity index (χ4v) is 2.31. The third kappa shape index (κ3) is 3.63. The molecule has 0 saturated carbocycles. The van der Waals surface area contributed by atoms with E-state index in [-0.39, 0.29) is 12.5 Å². The van der Waals surface area contributed by atoms with Gasteiger partial charge in [0.05, 0.1) is 0 Å². The molecular weight excluding hydrogens is 202 g/mol. The highest BCUT2D eigenvalue weighted by atomic mass is 16.3. The number of hydrogen-bond donors (Lipinski definition) is 1. The fourth-order valence-electron chi connectivity index (χ4n) is 2.31. The second kappa shape index (κ2) is 6.69. The molecule has 1 atom stereocenters. The molecule has 0 radical (unpaired) electrons. The molecule has 1 N–H and O–H groups in total. The molecule has 1 unspecified atom stereocenters. The summed E-state index contributed by atoms with van der Waals surface area (Å²) < 4.78 is 0. The van der Waals surface area contributed by atoms with Crippen LogP contribution in [0.2, 0.25) is 0 Å². The molecule has 0 spiro atoms. The molecule has 92 valence electrons. The quantitative estimate of drug-likeness (QED) is 0.743. The lowest BCUT2D eigenvalue weighted by Gasteiger charge is -2.32. The van der Waals surface area contributed by atoms with Gasteiger partial charge in [-0.25, -0.2) is 0 Å². The third-order valence-corrected chi connectivity index (χ3v) is 3.19. The summed E-state index contributed by atoms with van der Waals surface area (Å²) in [6.45, 7) is 5.85. The molecule has 3 heteroatoms. The summed E-state index contributed by atoms with van der Waals surface area (Å²) >= 11 is 0. The van der Waals surface area contributed by atoms with Gasteiger partial charge in [-0.2, -0.15) is 0 Å². The summed E-state index contributed by atoms with van der Waals surface area (Å²) in [6.07, 6.45) is 5.92. The maximum absolute atomic E-state index is 12.0. The molecule has 1 fully saturated rings. The van der Waals surface area contributed by atoms with Crippen LogP contribution in [-0.4, -0.2) is 35.6 Å². The van der Waals surface area contributed by atoms with Crippen molar-refractivity contribution in [2.45, 2.75) is 39.5 Å². The lowest BCUT2D eigenvalue weighted by atomic mass is 9.94. The minimum absolute atomic E-state index is 0.171. The van der Waals surface area contributed by atoms with Gasteiger partial charge in [-0.15, -0.1) is 0 Å². The Bertz CT molecular complexity index is 259. The number of piperidine rings is 1. The van der Waals surface area contributed by atoms with Crippen molar-refractivity contribution in [2.75, 3.05) is 19.7 Å². The van der Waals surface area contributed by atoms with E-state index < -0.39 is 0 Å². The highest BCUT2D eigenvalue weighted by Gasteiger charge is 2.23. The molecule has 3 nitrogen and oxygen atoms in total. The fraction of sp³-hybridized carbons (Fsp3) is 0.769. The number of nitrogens with zero attached hydrogens (tertiary/aromatic N) is 1. The Morgan fingerprint density at radius 2 is 2.31 bits per heavy atom. The Balaban J connectivity index is 2.53. The summed E-state index contributed by atoms with van der Waals surface area (Å²) in [5, 5.41) is 8.92. The van der Waals surface area contributed by atoms with Gasteiger partial charge in [-0.3, -0.25) is 4.79 Å².